The Morgan fingerprint density at radius 2 is 1.95 bits per heavy atom. The second kappa shape index (κ2) is 6.82. The summed E-state index contributed by atoms with van der Waals surface area (Å²) in [5, 5.41) is 6.26. The number of rotatable bonds is 5. The van der Waals surface area contributed by atoms with Crippen molar-refractivity contribution in [1.29, 1.82) is 0 Å². The topological polar surface area (TPSA) is 54.0 Å². The molecule has 0 aliphatic carbocycles. The first kappa shape index (κ1) is 14.2. The average molecular weight is 269 g/mol. The van der Waals surface area contributed by atoms with E-state index in [1.54, 1.807) is 6.20 Å². The third kappa shape index (κ3) is 3.90. The van der Waals surface area contributed by atoms with Crippen molar-refractivity contribution in [3.63, 3.8) is 0 Å². The second-order valence-electron chi connectivity index (χ2n) is 4.70. The third-order valence-electron chi connectivity index (χ3n) is 3.06. The number of hydrogen-bond donors (Lipinski definition) is 2. The predicted octanol–water partition coefficient (Wildman–Crippen LogP) is 2.89. The molecule has 2 aromatic rings. The Morgan fingerprint density at radius 1 is 1.20 bits per heavy atom. The molecule has 0 aliphatic heterocycles. The van der Waals surface area contributed by atoms with E-state index in [1.165, 1.54) is 6.92 Å². The minimum Gasteiger partial charge on any atom is -0.326 e. The van der Waals surface area contributed by atoms with Crippen molar-refractivity contribution in [3.8, 4) is 0 Å². The molecular formula is C16H19N3O. The molecular weight excluding hydrogens is 250 g/mol. The molecule has 20 heavy (non-hydrogen) atoms. The van der Waals surface area contributed by atoms with Crippen molar-refractivity contribution >= 4 is 11.6 Å². The summed E-state index contributed by atoms with van der Waals surface area (Å²) < 4.78 is 0. The van der Waals surface area contributed by atoms with Crippen molar-refractivity contribution in [2.24, 2.45) is 0 Å². The van der Waals surface area contributed by atoms with E-state index in [9.17, 15) is 4.79 Å². The first-order valence-corrected chi connectivity index (χ1v) is 6.66. The van der Waals surface area contributed by atoms with E-state index in [-0.39, 0.29) is 11.9 Å². The number of carbonyl (C=O) groups excluding carboxylic acids is 1. The third-order valence-corrected chi connectivity index (χ3v) is 3.06. The Kier molecular flexibility index (Phi) is 4.85. The smallest absolute Gasteiger partial charge is 0.221 e. The molecule has 0 saturated heterocycles. The first-order valence-electron chi connectivity index (χ1n) is 6.66. The summed E-state index contributed by atoms with van der Waals surface area (Å²) in [6.45, 7) is 4.26. The highest BCUT2D eigenvalue weighted by Gasteiger charge is 2.08. The van der Waals surface area contributed by atoms with Crippen LogP contribution in [0, 0.1) is 0 Å². The molecule has 2 N–H and O–H groups in total. The molecule has 1 amide bonds. The number of carbonyl (C=O) groups is 1. The van der Waals surface area contributed by atoms with Crippen molar-refractivity contribution < 1.29 is 4.79 Å². The zero-order valence-corrected chi connectivity index (χ0v) is 11.8. The number of aromatic nitrogens is 1. The van der Waals surface area contributed by atoms with Gasteiger partial charge in [0.05, 0.1) is 5.69 Å². The van der Waals surface area contributed by atoms with Crippen LogP contribution in [0.5, 0.6) is 0 Å². The molecule has 4 heteroatoms. The molecule has 1 aromatic heterocycles. The van der Waals surface area contributed by atoms with E-state index in [1.807, 2.05) is 42.5 Å². The molecule has 1 unspecified atom stereocenters. The SMILES string of the molecule is CC(=O)Nc1ccccc1CNC(C)c1ccccn1. The van der Waals surface area contributed by atoms with Crippen LogP contribution in [0.15, 0.2) is 48.7 Å². The van der Waals surface area contributed by atoms with E-state index in [0.29, 0.717) is 6.54 Å². The van der Waals surface area contributed by atoms with Gasteiger partial charge in [-0.05, 0) is 30.7 Å². The lowest BCUT2D eigenvalue weighted by Gasteiger charge is -2.15. The molecule has 4 nitrogen and oxygen atoms in total. The Hall–Kier alpha value is -2.20. The molecule has 1 aromatic carbocycles. The van der Waals surface area contributed by atoms with E-state index in [2.05, 4.69) is 22.5 Å². The van der Waals surface area contributed by atoms with Crippen LogP contribution < -0.4 is 10.6 Å². The van der Waals surface area contributed by atoms with Crippen LogP contribution in [-0.4, -0.2) is 10.9 Å². The fourth-order valence-corrected chi connectivity index (χ4v) is 1.99. The summed E-state index contributed by atoms with van der Waals surface area (Å²) in [4.78, 5) is 15.5. The van der Waals surface area contributed by atoms with Gasteiger partial charge in [-0.1, -0.05) is 24.3 Å². The molecule has 0 bridgehead atoms. The summed E-state index contributed by atoms with van der Waals surface area (Å²) in [5.41, 5.74) is 2.91. The number of nitrogens with one attached hydrogen (secondary N) is 2. The van der Waals surface area contributed by atoms with Crippen molar-refractivity contribution in [1.82, 2.24) is 10.3 Å². The number of para-hydroxylation sites is 1. The summed E-state index contributed by atoms with van der Waals surface area (Å²) in [5.74, 6) is -0.0600. The van der Waals surface area contributed by atoms with Crippen LogP contribution in [0.3, 0.4) is 0 Å². The molecule has 0 fully saturated rings. The lowest BCUT2D eigenvalue weighted by Crippen LogP contribution is -2.20. The quantitative estimate of drug-likeness (QED) is 0.877. The molecule has 0 aliphatic rings. The Labute approximate surface area is 119 Å². The number of nitrogens with zero attached hydrogens (tertiary/aromatic N) is 1. The van der Waals surface area contributed by atoms with Gasteiger partial charge in [-0.25, -0.2) is 0 Å². The number of hydrogen-bond acceptors (Lipinski definition) is 3. The van der Waals surface area contributed by atoms with Gasteiger partial charge in [-0.2, -0.15) is 0 Å². The molecule has 1 atom stereocenters. The molecule has 0 radical (unpaired) electrons. The van der Waals surface area contributed by atoms with Crippen LogP contribution in [0.1, 0.15) is 31.1 Å². The molecule has 2 rings (SSSR count). The molecule has 0 saturated carbocycles. The molecule has 0 spiro atoms. The first-order chi connectivity index (χ1) is 9.66. The van der Waals surface area contributed by atoms with Gasteiger partial charge in [0.1, 0.15) is 0 Å². The van der Waals surface area contributed by atoms with E-state index in [0.717, 1.165) is 16.9 Å². The predicted molar refractivity (Wildman–Crippen MR) is 80.2 cm³/mol. The number of benzene rings is 1. The summed E-state index contributed by atoms with van der Waals surface area (Å²) in [6.07, 6.45) is 1.79. The Bertz CT molecular complexity index is 569. The largest absolute Gasteiger partial charge is 0.326 e. The van der Waals surface area contributed by atoms with Gasteiger partial charge in [0.2, 0.25) is 5.91 Å². The van der Waals surface area contributed by atoms with Crippen molar-refractivity contribution in [2.45, 2.75) is 26.4 Å². The zero-order valence-electron chi connectivity index (χ0n) is 11.8. The highest BCUT2D eigenvalue weighted by molar-refractivity contribution is 5.89. The maximum absolute atomic E-state index is 11.2. The number of anilines is 1. The summed E-state index contributed by atoms with van der Waals surface area (Å²) >= 11 is 0. The standard InChI is InChI=1S/C16H19N3O/c1-12(15-8-5-6-10-17-15)18-11-14-7-3-4-9-16(14)19-13(2)20/h3-10,12,18H,11H2,1-2H3,(H,19,20). The van der Waals surface area contributed by atoms with E-state index in [4.69, 9.17) is 0 Å². The van der Waals surface area contributed by atoms with Gasteiger partial charge >= 0.3 is 0 Å². The highest BCUT2D eigenvalue weighted by atomic mass is 16.1. The summed E-state index contributed by atoms with van der Waals surface area (Å²) in [7, 11) is 0. The normalized spacial score (nSPS) is 11.9. The lowest BCUT2D eigenvalue weighted by atomic mass is 10.1. The number of amides is 1. The summed E-state index contributed by atoms with van der Waals surface area (Å²) in [6, 6.07) is 13.8. The van der Waals surface area contributed by atoms with Crippen LogP contribution >= 0.6 is 0 Å². The molecule has 1 heterocycles. The van der Waals surface area contributed by atoms with Gasteiger partial charge in [0.15, 0.2) is 0 Å². The van der Waals surface area contributed by atoms with Gasteiger partial charge < -0.3 is 10.6 Å². The minimum atomic E-state index is -0.0600. The highest BCUT2D eigenvalue weighted by Crippen LogP contribution is 2.16. The van der Waals surface area contributed by atoms with Crippen molar-refractivity contribution in [2.75, 3.05) is 5.32 Å². The minimum absolute atomic E-state index is 0.0600. The maximum Gasteiger partial charge on any atom is 0.221 e. The fraction of sp³-hybridized carbons (Fsp3) is 0.250. The monoisotopic (exact) mass is 269 g/mol. The van der Waals surface area contributed by atoms with E-state index < -0.39 is 0 Å². The zero-order chi connectivity index (χ0) is 14.4. The average Bonchev–Trinajstić information content (AvgIpc) is 2.46. The van der Waals surface area contributed by atoms with Crippen molar-refractivity contribution in [3.05, 3.63) is 59.9 Å². The lowest BCUT2D eigenvalue weighted by molar-refractivity contribution is -0.114. The van der Waals surface area contributed by atoms with Crippen LogP contribution in [-0.2, 0) is 11.3 Å². The Morgan fingerprint density at radius 3 is 2.65 bits per heavy atom. The van der Waals surface area contributed by atoms with Crippen LogP contribution in [0.25, 0.3) is 0 Å². The van der Waals surface area contributed by atoms with Gasteiger partial charge in [0, 0.05) is 31.4 Å². The van der Waals surface area contributed by atoms with E-state index >= 15 is 0 Å². The fourth-order valence-electron chi connectivity index (χ4n) is 1.99. The maximum atomic E-state index is 11.2. The van der Waals surface area contributed by atoms with Crippen LogP contribution in [0.4, 0.5) is 5.69 Å². The van der Waals surface area contributed by atoms with Gasteiger partial charge in [-0.15, -0.1) is 0 Å². The molecule has 104 valence electrons. The Balaban J connectivity index is 2.02. The second-order valence-corrected chi connectivity index (χ2v) is 4.70. The number of pyridine rings is 1. The van der Waals surface area contributed by atoms with Gasteiger partial charge in [-0.3, -0.25) is 9.78 Å². The van der Waals surface area contributed by atoms with Crippen LogP contribution in [0.2, 0.25) is 0 Å². The van der Waals surface area contributed by atoms with Gasteiger partial charge in [0.25, 0.3) is 0 Å².